The van der Waals surface area contributed by atoms with Crippen LogP contribution in [0.4, 0.5) is 13.2 Å². The molecule has 0 saturated heterocycles. The van der Waals surface area contributed by atoms with E-state index in [1.165, 1.54) is 18.3 Å². The van der Waals surface area contributed by atoms with Gasteiger partial charge in [0.15, 0.2) is 0 Å². The topological polar surface area (TPSA) is 88.8 Å². The molecular formula is C33H33F3N6O2. The molecule has 0 aliphatic heterocycles. The summed E-state index contributed by atoms with van der Waals surface area (Å²) in [5, 5.41) is 13.6. The number of hydrogen-bond donors (Lipinski definition) is 0. The summed E-state index contributed by atoms with van der Waals surface area (Å²) in [5.74, 6) is 0.698. The molecule has 2 saturated carbocycles. The van der Waals surface area contributed by atoms with Crippen LogP contribution in [0.2, 0.25) is 0 Å². The molecule has 2 aliphatic carbocycles. The van der Waals surface area contributed by atoms with E-state index in [1.54, 1.807) is 41.9 Å². The SMILES string of the molecule is Cc1c(-c2ccnn2-c2ccc(C#N)cc2)n(C(=O)CCC2CC23CC(CN(C)C)C3)c(=O)n1-c1cccc(C(F)(F)F)c1. The van der Waals surface area contributed by atoms with Gasteiger partial charge in [-0.25, -0.2) is 14.0 Å². The third-order valence-corrected chi connectivity index (χ3v) is 9.17. The fourth-order valence-electron chi connectivity index (χ4n) is 7.11. The Hall–Kier alpha value is -4.43. The second-order valence-corrected chi connectivity index (χ2v) is 12.5. The van der Waals surface area contributed by atoms with Crippen LogP contribution < -0.4 is 5.69 Å². The van der Waals surface area contributed by atoms with E-state index in [1.807, 2.05) is 0 Å². The van der Waals surface area contributed by atoms with Crippen LogP contribution in [0.5, 0.6) is 0 Å². The number of halogens is 3. The zero-order valence-electron chi connectivity index (χ0n) is 24.8. The van der Waals surface area contributed by atoms with Crippen molar-refractivity contribution < 1.29 is 18.0 Å². The van der Waals surface area contributed by atoms with Crippen LogP contribution >= 0.6 is 0 Å². The van der Waals surface area contributed by atoms with E-state index in [4.69, 9.17) is 0 Å². The lowest BCUT2D eigenvalue weighted by Gasteiger charge is -2.38. The smallest absolute Gasteiger partial charge is 0.309 e. The Balaban J connectivity index is 1.37. The van der Waals surface area contributed by atoms with Gasteiger partial charge in [0.25, 0.3) is 0 Å². The lowest BCUT2D eigenvalue weighted by Crippen LogP contribution is -2.35. The molecule has 2 aliphatic rings. The predicted molar refractivity (Wildman–Crippen MR) is 159 cm³/mol. The largest absolute Gasteiger partial charge is 0.416 e. The first-order valence-electron chi connectivity index (χ1n) is 14.7. The van der Waals surface area contributed by atoms with E-state index in [9.17, 15) is 28.0 Å². The minimum absolute atomic E-state index is 0.0158. The molecule has 228 valence electrons. The average molecular weight is 603 g/mol. The normalized spacial score (nSPS) is 21.0. The van der Waals surface area contributed by atoms with Crippen molar-refractivity contribution in [2.75, 3.05) is 20.6 Å². The van der Waals surface area contributed by atoms with E-state index in [-0.39, 0.29) is 17.8 Å². The third kappa shape index (κ3) is 5.28. The molecule has 6 rings (SSSR count). The molecule has 0 radical (unpaired) electrons. The number of imidazole rings is 1. The highest BCUT2D eigenvalue weighted by Gasteiger charge is 2.60. The van der Waals surface area contributed by atoms with E-state index >= 15 is 0 Å². The Kier molecular flexibility index (Phi) is 7.36. The van der Waals surface area contributed by atoms with Gasteiger partial charge >= 0.3 is 11.9 Å². The summed E-state index contributed by atoms with van der Waals surface area (Å²) in [6, 6.07) is 14.9. The van der Waals surface area contributed by atoms with E-state index in [0.717, 1.165) is 47.1 Å². The van der Waals surface area contributed by atoms with Crippen molar-refractivity contribution in [1.82, 2.24) is 23.8 Å². The molecule has 2 heterocycles. The van der Waals surface area contributed by atoms with Crippen molar-refractivity contribution in [2.45, 2.75) is 45.2 Å². The number of benzene rings is 2. The Morgan fingerprint density at radius 1 is 1.09 bits per heavy atom. The standard InChI is InChI=1S/C33H33F3N6O2/c1-21-30(28-13-14-38-42(28)26-10-7-22(19-37)8-11-26)41(31(44)40(21)27-6-4-5-24(15-27)33(34,35)36)29(43)12-9-25-18-32(25)16-23(17-32)20-39(2)3/h4-8,10-11,13-15,23,25H,9,12,16-18,20H2,1-3H3. The number of nitrogens with zero attached hydrogens (tertiary/aromatic N) is 6. The van der Waals surface area contributed by atoms with Gasteiger partial charge in [-0.2, -0.15) is 23.5 Å². The number of carbonyl (C=O) groups excluding carboxylic acids is 1. The highest BCUT2D eigenvalue weighted by atomic mass is 19.4. The molecule has 2 aromatic heterocycles. The van der Waals surface area contributed by atoms with Crippen LogP contribution in [0.25, 0.3) is 22.8 Å². The van der Waals surface area contributed by atoms with Crippen molar-refractivity contribution in [3.05, 3.63) is 88.1 Å². The van der Waals surface area contributed by atoms with Crippen LogP contribution in [0.15, 0.2) is 65.6 Å². The molecule has 2 aromatic carbocycles. The van der Waals surface area contributed by atoms with Crippen LogP contribution in [-0.4, -0.2) is 50.4 Å². The third-order valence-electron chi connectivity index (χ3n) is 9.17. The summed E-state index contributed by atoms with van der Waals surface area (Å²) in [5.41, 5.74) is 0.761. The molecule has 0 N–H and O–H groups in total. The molecule has 11 heteroatoms. The molecule has 1 unspecified atom stereocenters. The van der Waals surface area contributed by atoms with Crippen LogP contribution in [0, 0.1) is 35.5 Å². The van der Waals surface area contributed by atoms with Gasteiger partial charge in [-0.1, -0.05) is 6.07 Å². The van der Waals surface area contributed by atoms with Gasteiger partial charge in [0, 0.05) is 13.0 Å². The molecule has 0 bridgehead atoms. The highest BCUT2D eigenvalue weighted by Crippen LogP contribution is 2.69. The Bertz CT molecular complexity index is 1820. The summed E-state index contributed by atoms with van der Waals surface area (Å²) in [6.45, 7) is 2.67. The van der Waals surface area contributed by atoms with Crippen LogP contribution in [0.3, 0.4) is 0 Å². The lowest BCUT2D eigenvalue weighted by atomic mass is 9.70. The summed E-state index contributed by atoms with van der Waals surface area (Å²) < 4.78 is 44.6. The molecule has 8 nitrogen and oxygen atoms in total. The maximum absolute atomic E-state index is 14.0. The van der Waals surface area contributed by atoms with Crippen molar-refractivity contribution in [1.29, 1.82) is 5.26 Å². The highest BCUT2D eigenvalue weighted by molar-refractivity contribution is 5.85. The molecule has 1 spiro atoms. The maximum atomic E-state index is 14.0. The Morgan fingerprint density at radius 2 is 1.82 bits per heavy atom. The maximum Gasteiger partial charge on any atom is 0.416 e. The quantitative estimate of drug-likeness (QED) is 0.244. The minimum atomic E-state index is -4.60. The molecule has 0 amide bonds. The molecule has 1 atom stereocenters. The van der Waals surface area contributed by atoms with Gasteiger partial charge in [-0.15, -0.1) is 0 Å². The summed E-state index contributed by atoms with van der Waals surface area (Å²) in [6.07, 6.45) is 1.13. The lowest BCUT2D eigenvalue weighted by molar-refractivity contribution is -0.137. The summed E-state index contributed by atoms with van der Waals surface area (Å²) in [7, 11) is 4.15. The van der Waals surface area contributed by atoms with Gasteiger partial charge in [-0.3, -0.25) is 9.36 Å². The zero-order valence-corrected chi connectivity index (χ0v) is 24.8. The van der Waals surface area contributed by atoms with Crippen molar-refractivity contribution in [3.63, 3.8) is 0 Å². The summed E-state index contributed by atoms with van der Waals surface area (Å²) in [4.78, 5) is 30.1. The van der Waals surface area contributed by atoms with Gasteiger partial charge < -0.3 is 4.90 Å². The van der Waals surface area contributed by atoms with Gasteiger partial charge in [0.05, 0.1) is 51.8 Å². The van der Waals surface area contributed by atoms with Crippen LogP contribution in [0.1, 0.15) is 53.7 Å². The Labute approximate surface area is 252 Å². The van der Waals surface area contributed by atoms with Gasteiger partial charge in [0.1, 0.15) is 0 Å². The van der Waals surface area contributed by atoms with Crippen molar-refractivity contribution >= 4 is 5.91 Å². The van der Waals surface area contributed by atoms with E-state index < -0.39 is 23.3 Å². The first kappa shape index (κ1) is 29.6. The van der Waals surface area contributed by atoms with Gasteiger partial charge in [-0.05, 0) is 112 Å². The first-order chi connectivity index (χ1) is 20.9. The molecular weight excluding hydrogens is 569 g/mol. The second kappa shape index (κ2) is 10.9. The number of rotatable bonds is 8. The number of aromatic nitrogens is 4. The zero-order chi connectivity index (χ0) is 31.4. The fourth-order valence-corrected chi connectivity index (χ4v) is 7.11. The molecule has 2 fully saturated rings. The minimum Gasteiger partial charge on any atom is -0.309 e. The van der Waals surface area contributed by atoms with Crippen molar-refractivity contribution in [2.24, 2.45) is 17.3 Å². The first-order valence-corrected chi connectivity index (χ1v) is 14.7. The summed E-state index contributed by atoms with van der Waals surface area (Å²) >= 11 is 0. The monoisotopic (exact) mass is 602 g/mol. The van der Waals surface area contributed by atoms with Crippen LogP contribution in [-0.2, 0) is 6.18 Å². The van der Waals surface area contributed by atoms with Crippen molar-refractivity contribution in [3.8, 4) is 28.8 Å². The fraction of sp³-hybridized carbons (Fsp3) is 0.394. The number of hydrogen-bond acceptors (Lipinski definition) is 5. The second-order valence-electron chi connectivity index (χ2n) is 12.5. The predicted octanol–water partition coefficient (Wildman–Crippen LogP) is 6.09. The van der Waals surface area contributed by atoms with Gasteiger partial charge in [0.2, 0.25) is 5.91 Å². The molecule has 44 heavy (non-hydrogen) atoms. The number of nitriles is 1. The van der Waals surface area contributed by atoms with E-state index in [0.29, 0.717) is 46.3 Å². The van der Waals surface area contributed by atoms with E-state index in [2.05, 4.69) is 30.2 Å². The number of carbonyl (C=O) groups is 1. The Morgan fingerprint density at radius 3 is 2.48 bits per heavy atom. The molecule has 4 aromatic rings. The number of alkyl halides is 3. The average Bonchev–Trinajstić information content (AvgIpc) is 3.35.